The van der Waals surface area contributed by atoms with Gasteiger partial charge in [0.05, 0.1) is 12.2 Å². The van der Waals surface area contributed by atoms with Crippen LogP contribution in [-0.4, -0.2) is 20.6 Å². The summed E-state index contributed by atoms with van der Waals surface area (Å²) in [7, 11) is 0. The number of halogens is 1. The van der Waals surface area contributed by atoms with Crippen LogP contribution in [0.5, 0.6) is 0 Å². The number of carboxylic acids is 1. The Kier molecular flexibility index (Phi) is 3.12. The first-order valence-corrected chi connectivity index (χ1v) is 7.23. The lowest BCUT2D eigenvalue weighted by Gasteiger charge is -2.02. The molecule has 3 rings (SSSR count). The fraction of sp³-hybridized carbons (Fsp3) is 0.0769. The second-order valence-corrected chi connectivity index (χ2v) is 5.87. The van der Waals surface area contributed by atoms with Crippen LogP contribution >= 0.6 is 27.3 Å². The zero-order chi connectivity index (χ0) is 13.4. The summed E-state index contributed by atoms with van der Waals surface area (Å²) in [6.45, 7) is 0.578. The maximum atomic E-state index is 10.8. The first-order valence-electron chi connectivity index (χ1n) is 5.55. The van der Waals surface area contributed by atoms with Crippen molar-refractivity contribution >= 4 is 44.1 Å². The molecular weight excluding hydrogens is 328 g/mol. The lowest BCUT2D eigenvalue weighted by Crippen LogP contribution is -2.00. The molecule has 1 aromatic carbocycles. The van der Waals surface area contributed by atoms with Gasteiger partial charge in [0.1, 0.15) is 0 Å². The van der Waals surface area contributed by atoms with Crippen LogP contribution in [-0.2, 0) is 6.54 Å². The Morgan fingerprint density at radius 3 is 3.00 bits per heavy atom. The van der Waals surface area contributed by atoms with Crippen molar-refractivity contribution in [2.24, 2.45) is 0 Å². The Hall–Kier alpha value is -1.66. The summed E-state index contributed by atoms with van der Waals surface area (Å²) in [5.41, 5.74) is 1.87. The fourth-order valence-corrected chi connectivity index (χ4v) is 2.99. The van der Waals surface area contributed by atoms with Gasteiger partial charge in [-0.1, -0.05) is 15.9 Å². The van der Waals surface area contributed by atoms with Crippen molar-refractivity contribution in [2.75, 3.05) is 0 Å². The molecule has 0 spiro atoms. The summed E-state index contributed by atoms with van der Waals surface area (Å²) >= 11 is 4.60. The molecule has 2 heterocycles. The van der Waals surface area contributed by atoms with Gasteiger partial charge in [0.2, 0.25) is 5.01 Å². The van der Waals surface area contributed by atoms with Crippen molar-refractivity contribution in [3.05, 3.63) is 51.0 Å². The Bertz CT molecular complexity index is 763. The number of aromatic carboxylic acids is 1. The molecule has 4 nitrogen and oxygen atoms in total. The van der Waals surface area contributed by atoms with Crippen molar-refractivity contribution in [3.8, 4) is 0 Å². The van der Waals surface area contributed by atoms with E-state index in [1.165, 1.54) is 0 Å². The molecular formula is C13H9BrN2O2S. The van der Waals surface area contributed by atoms with Crippen molar-refractivity contribution in [2.45, 2.75) is 6.54 Å². The van der Waals surface area contributed by atoms with Crippen LogP contribution in [0, 0.1) is 0 Å². The predicted octanol–water partition coefficient (Wildman–Crippen LogP) is 3.61. The standard InChI is InChI=1S/C13H9BrN2O2S/c14-9-1-2-11-8(5-9)3-4-16(11)6-10-7-19-12(15-10)13(17)18/h1-5,7H,6H2,(H,17,18). The van der Waals surface area contributed by atoms with Crippen molar-refractivity contribution in [3.63, 3.8) is 0 Å². The SMILES string of the molecule is O=C(O)c1nc(Cn2ccc3cc(Br)ccc32)cs1. The molecule has 2 aromatic heterocycles. The molecule has 96 valence electrons. The molecule has 0 saturated heterocycles. The average molecular weight is 337 g/mol. The van der Waals surface area contributed by atoms with Gasteiger partial charge in [-0.3, -0.25) is 0 Å². The number of hydrogen-bond donors (Lipinski definition) is 1. The number of carboxylic acid groups (broad SMARTS) is 1. The van der Waals surface area contributed by atoms with Gasteiger partial charge in [-0.05, 0) is 24.3 Å². The summed E-state index contributed by atoms with van der Waals surface area (Å²) in [6, 6.07) is 8.10. The van der Waals surface area contributed by atoms with Gasteiger partial charge >= 0.3 is 5.97 Å². The van der Waals surface area contributed by atoms with Crippen LogP contribution in [0.4, 0.5) is 0 Å². The Balaban J connectivity index is 1.94. The molecule has 3 aromatic rings. The smallest absolute Gasteiger partial charge is 0.365 e. The summed E-state index contributed by atoms with van der Waals surface area (Å²) < 4.78 is 3.10. The number of carbonyl (C=O) groups is 1. The minimum absolute atomic E-state index is 0.134. The van der Waals surface area contributed by atoms with Gasteiger partial charge in [0, 0.05) is 27.0 Å². The van der Waals surface area contributed by atoms with Crippen molar-refractivity contribution in [1.29, 1.82) is 0 Å². The molecule has 0 unspecified atom stereocenters. The molecule has 0 amide bonds. The third-order valence-corrected chi connectivity index (χ3v) is 4.17. The highest BCUT2D eigenvalue weighted by atomic mass is 79.9. The second kappa shape index (κ2) is 4.79. The summed E-state index contributed by atoms with van der Waals surface area (Å²) in [6.07, 6.45) is 1.98. The van der Waals surface area contributed by atoms with E-state index in [-0.39, 0.29) is 5.01 Å². The maximum Gasteiger partial charge on any atom is 0.365 e. The molecule has 0 aliphatic carbocycles. The number of hydrogen-bond acceptors (Lipinski definition) is 3. The van der Waals surface area contributed by atoms with Crippen molar-refractivity contribution in [1.82, 2.24) is 9.55 Å². The van der Waals surface area contributed by atoms with Crippen LogP contribution in [0.3, 0.4) is 0 Å². The highest BCUT2D eigenvalue weighted by Crippen LogP contribution is 2.22. The van der Waals surface area contributed by atoms with Gasteiger partial charge in [-0.15, -0.1) is 11.3 Å². The van der Waals surface area contributed by atoms with E-state index in [4.69, 9.17) is 5.11 Å². The summed E-state index contributed by atoms with van der Waals surface area (Å²) in [5, 5.41) is 11.9. The largest absolute Gasteiger partial charge is 0.476 e. The van der Waals surface area contributed by atoms with Crippen LogP contribution in [0.1, 0.15) is 15.5 Å². The van der Waals surface area contributed by atoms with E-state index in [0.717, 1.165) is 32.4 Å². The molecule has 19 heavy (non-hydrogen) atoms. The molecule has 0 atom stereocenters. The number of aromatic nitrogens is 2. The minimum atomic E-state index is -0.974. The number of benzene rings is 1. The van der Waals surface area contributed by atoms with Crippen LogP contribution in [0.2, 0.25) is 0 Å². The molecule has 0 radical (unpaired) electrons. The van der Waals surface area contributed by atoms with E-state index in [1.807, 2.05) is 24.4 Å². The topological polar surface area (TPSA) is 55.1 Å². The molecule has 6 heteroatoms. The quantitative estimate of drug-likeness (QED) is 0.794. The van der Waals surface area contributed by atoms with Crippen LogP contribution < -0.4 is 0 Å². The Morgan fingerprint density at radius 1 is 1.42 bits per heavy atom. The number of rotatable bonds is 3. The van der Waals surface area contributed by atoms with Gasteiger partial charge in [0.25, 0.3) is 0 Å². The first-order chi connectivity index (χ1) is 9.13. The number of nitrogens with zero attached hydrogens (tertiary/aromatic N) is 2. The number of thiazole rings is 1. The Morgan fingerprint density at radius 2 is 2.26 bits per heavy atom. The minimum Gasteiger partial charge on any atom is -0.476 e. The maximum absolute atomic E-state index is 10.8. The van der Waals surface area contributed by atoms with E-state index in [0.29, 0.717) is 6.54 Å². The highest BCUT2D eigenvalue weighted by molar-refractivity contribution is 9.10. The molecule has 1 N–H and O–H groups in total. The van der Waals surface area contributed by atoms with E-state index >= 15 is 0 Å². The van der Waals surface area contributed by atoms with E-state index in [2.05, 4.69) is 31.5 Å². The highest BCUT2D eigenvalue weighted by Gasteiger charge is 2.10. The predicted molar refractivity (Wildman–Crippen MR) is 77.8 cm³/mol. The third kappa shape index (κ3) is 2.41. The molecule has 0 bridgehead atoms. The lowest BCUT2D eigenvalue weighted by atomic mass is 10.2. The fourth-order valence-electron chi connectivity index (χ4n) is 1.96. The Labute approximate surface area is 121 Å². The van der Waals surface area contributed by atoms with Crippen LogP contribution in [0.25, 0.3) is 10.9 Å². The zero-order valence-electron chi connectivity index (χ0n) is 9.71. The van der Waals surface area contributed by atoms with E-state index in [1.54, 1.807) is 5.38 Å². The van der Waals surface area contributed by atoms with Gasteiger partial charge in [-0.25, -0.2) is 9.78 Å². The monoisotopic (exact) mass is 336 g/mol. The average Bonchev–Trinajstić information content (AvgIpc) is 2.97. The summed E-state index contributed by atoms with van der Waals surface area (Å²) in [5.74, 6) is -0.974. The summed E-state index contributed by atoms with van der Waals surface area (Å²) in [4.78, 5) is 14.9. The normalized spacial score (nSPS) is 11.0. The molecule has 0 aliphatic heterocycles. The van der Waals surface area contributed by atoms with Gasteiger partial charge in [0.15, 0.2) is 0 Å². The zero-order valence-corrected chi connectivity index (χ0v) is 12.1. The second-order valence-electron chi connectivity index (χ2n) is 4.10. The molecule has 0 fully saturated rings. The van der Waals surface area contributed by atoms with Crippen molar-refractivity contribution < 1.29 is 9.90 Å². The first kappa shape index (κ1) is 12.4. The van der Waals surface area contributed by atoms with Crippen LogP contribution in [0.15, 0.2) is 40.3 Å². The van der Waals surface area contributed by atoms with E-state index < -0.39 is 5.97 Å². The van der Waals surface area contributed by atoms with Gasteiger partial charge < -0.3 is 9.67 Å². The lowest BCUT2D eigenvalue weighted by molar-refractivity contribution is 0.0696. The molecule has 0 saturated carbocycles. The molecule has 0 aliphatic rings. The third-order valence-electron chi connectivity index (χ3n) is 2.80. The number of fused-ring (bicyclic) bond motifs is 1. The van der Waals surface area contributed by atoms with Gasteiger partial charge in [-0.2, -0.15) is 0 Å². The van der Waals surface area contributed by atoms with E-state index in [9.17, 15) is 4.79 Å².